The van der Waals surface area contributed by atoms with E-state index in [1.165, 1.54) is 6.07 Å². The summed E-state index contributed by atoms with van der Waals surface area (Å²) in [5.41, 5.74) is 1.94. The number of aliphatic hydroxyl groups excluding tert-OH is 1. The van der Waals surface area contributed by atoms with Gasteiger partial charge in [0.2, 0.25) is 10.0 Å². The Kier molecular flexibility index (Phi) is 5.05. The summed E-state index contributed by atoms with van der Waals surface area (Å²) in [6.45, 7) is -0.289. The minimum Gasteiger partial charge on any atom is -0.395 e. The Bertz CT molecular complexity index is 953. The molecule has 1 aromatic heterocycles. The van der Waals surface area contributed by atoms with Crippen LogP contribution in [0.5, 0.6) is 0 Å². The average Bonchev–Trinajstić information content (AvgIpc) is 2.97. The van der Waals surface area contributed by atoms with Crippen molar-refractivity contribution in [1.29, 1.82) is 0 Å². The van der Waals surface area contributed by atoms with E-state index >= 15 is 0 Å². The van der Waals surface area contributed by atoms with Gasteiger partial charge in [0.1, 0.15) is 0 Å². The zero-order valence-corrected chi connectivity index (χ0v) is 15.1. The molecular formula is C17H17BrN2O3S. The third kappa shape index (κ3) is 3.54. The van der Waals surface area contributed by atoms with Crippen LogP contribution in [0.4, 0.5) is 0 Å². The van der Waals surface area contributed by atoms with Crippen molar-refractivity contribution in [2.75, 3.05) is 6.61 Å². The van der Waals surface area contributed by atoms with E-state index in [1.54, 1.807) is 18.2 Å². The predicted octanol–water partition coefficient (Wildman–Crippen LogP) is 2.81. The number of hydrogen-bond acceptors (Lipinski definition) is 3. The van der Waals surface area contributed by atoms with Gasteiger partial charge >= 0.3 is 0 Å². The van der Waals surface area contributed by atoms with Gasteiger partial charge in [0.25, 0.3) is 0 Å². The van der Waals surface area contributed by atoms with Crippen LogP contribution < -0.4 is 4.72 Å². The summed E-state index contributed by atoms with van der Waals surface area (Å²) < 4.78 is 28.2. The summed E-state index contributed by atoms with van der Waals surface area (Å²) in [5, 5.41) is 10.7. The van der Waals surface area contributed by atoms with E-state index in [4.69, 9.17) is 0 Å². The largest absolute Gasteiger partial charge is 0.395 e. The molecular weight excluding hydrogens is 392 g/mol. The molecule has 7 heteroatoms. The maximum absolute atomic E-state index is 12.6. The molecule has 3 N–H and O–H groups in total. The molecule has 0 aliphatic heterocycles. The maximum Gasteiger partial charge on any atom is 0.242 e. The van der Waals surface area contributed by atoms with E-state index in [9.17, 15) is 13.5 Å². The second-order valence-corrected chi connectivity index (χ2v) is 8.03. The van der Waals surface area contributed by atoms with Crippen LogP contribution in [-0.2, 0) is 16.4 Å². The summed E-state index contributed by atoms with van der Waals surface area (Å²) >= 11 is 3.25. The van der Waals surface area contributed by atoms with Crippen molar-refractivity contribution in [1.82, 2.24) is 9.71 Å². The highest BCUT2D eigenvalue weighted by Crippen LogP contribution is 2.23. The molecule has 0 amide bonds. The number of nitrogens with one attached hydrogen (secondary N) is 2. The number of aromatic amines is 1. The number of H-pyrrole nitrogens is 1. The lowest BCUT2D eigenvalue weighted by atomic mass is 10.1. The lowest BCUT2D eigenvalue weighted by Gasteiger charge is -2.17. The number of benzene rings is 2. The quantitative estimate of drug-likeness (QED) is 0.586. The topological polar surface area (TPSA) is 82.2 Å². The second kappa shape index (κ2) is 7.06. The van der Waals surface area contributed by atoms with Gasteiger partial charge in [0, 0.05) is 27.6 Å². The van der Waals surface area contributed by atoms with E-state index in [-0.39, 0.29) is 11.5 Å². The lowest BCUT2D eigenvalue weighted by molar-refractivity contribution is 0.256. The molecule has 0 unspecified atom stereocenters. The van der Waals surface area contributed by atoms with Crippen molar-refractivity contribution >= 4 is 36.9 Å². The first-order valence-electron chi connectivity index (χ1n) is 7.44. The van der Waals surface area contributed by atoms with E-state index in [1.807, 2.05) is 30.5 Å². The highest BCUT2D eigenvalue weighted by Gasteiger charge is 2.22. The van der Waals surface area contributed by atoms with Crippen LogP contribution in [0, 0.1) is 0 Å². The standard InChI is InChI=1S/C17H17BrN2O3S/c18-15-6-2-4-8-17(15)24(22,23)20-13(11-21)9-12-10-19-16-7-3-1-5-14(12)16/h1-8,10,13,19-21H,9,11H2/t13-/m1/s1. The molecule has 0 fully saturated rings. The number of hydrogen-bond donors (Lipinski definition) is 3. The monoisotopic (exact) mass is 408 g/mol. The van der Waals surface area contributed by atoms with Crippen molar-refractivity contribution in [3.63, 3.8) is 0 Å². The van der Waals surface area contributed by atoms with Gasteiger partial charge in [-0.15, -0.1) is 0 Å². The number of sulfonamides is 1. The fourth-order valence-electron chi connectivity index (χ4n) is 2.66. The molecule has 5 nitrogen and oxygen atoms in total. The van der Waals surface area contributed by atoms with Gasteiger partial charge in [-0.25, -0.2) is 13.1 Å². The molecule has 3 rings (SSSR count). The third-order valence-electron chi connectivity index (χ3n) is 3.81. The molecule has 0 aliphatic carbocycles. The number of para-hydroxylation sites is 1. The highest BCUT2D eigenvalue weighted by atomic mass is 79.9. The Morgan fingerprint density at radius 2 is 1.83 bits per heavy atom. The smallest absolute Gasteiger partial charge is 0.242 e. The Morgan fingerprint density at radius 3 is 2.58 bits per heavy atom. The molecule has 126 valence electrons. The summed E-state index contributed by atoms with van der Waals surface area (Å²) in [4.78, 5) is 3.31. The van der Waals surface area contributed by atoms with Gasteiger partial charge in [-0.1, -0.05) is 30.3 Å². The van der Waals surface area contributed by atoms with Crippen molar-refractivity contribution in [3.8, 4) is 0 Å². The molecule has 0 radical (unpaired) electrons. The van der Waals surface area contributed by atoms with Crippen molar-refractivity contribution < 1.29 is 13.5 Å². The molecule has 24 heavy (non-hydrogen) atoms. The summed E-state index contributed by atoms with van der Waals surface area (Å²) in [5.74, 6) is 0. The number of halogens is 1. The average molecular weight is 409 g/mol. The zero-order chi connectivity index (χ0) is 17.2. The number of fused-ring (bicyclic) bond motifs is 1. The molecule has 2 aromatic carbocycles. The number of aromatic nitrogens is 1. The number of rotatable bonds is 6. The minimum atomic E-state index is -3.73. The van der Waals surface area contributed by atoms with E-state index in [0.717, 1.165) is 16.5 Å². The van der Waals surface area contributed by atoms with Crippen LogP contribution >= 0.6 is 15.9 Å². The SMILES string of the molecule is O=S(=O)(N[C@@H](CO)Cc1c[nH]c2ccccc12)c1ccccc1Br. The molecule has 3 aromatic rings. The Morgan fingerprint density at radius 1 is 1.12 bits per heavy atom. The van der Waals surface area contributed by atoms with Crippen LogP contribution in [0.2, 0.25) is 0 Å². The summed E-state index contributed by atoms with van der Waals surface area (Å²) in [6.07, 6.45) is 2.24. The number of aliphatic hydroxyl groups is 1. The van der Waals surface area contributed by atoms with E-state index < -0.39 is 16.1 Å². The minimum absolute atomic E-state index is 0.155. The van der Waals surface area contributed by atoms with Crippen LogP contribution in [0.1, 0.15) is 5.56 Å². The van der Waals surface area contributed by atoms with Gasteiger partial charge in [-0.3, -0.25) is 0 Å². The van der Waals surface area contributed by atoms with Gasteiger partial charge in [-0.2, -0.15) is 0 Å². The van der Waals surface area contributed by atoms with Gasteiger partial charge < -0.3 is 10.1 Å². The first-order valence-corrected chi connectivity index (χ1v) is 9.71. The Hall–Kier alpha value is -1.67. The van der Waals surface area contributed by atoms with Crippen molar-refractivity contribution in [2.45, 2.75) is 17.4 Å². The van der Waals surface area contributed by atoms with Gasteiger partial charge in [0.05, 0.1) is 11.5 Å². The predicted molar refractivity (Wildman–Crippen MR) is 97.3 cm³/mol. The van der Waals surface area contributed by atoms with Gasteiger partial charge in [-0.05, 0) is 46.1 Å². The molecule has 0 bridgehead atoms. The molecule has 0 spiro atoms. The normalized spacial score (nSPS) is 13.2. The first kappa shape index (κ1) is 17.2. The third-order valence-corrected chi connectivity index (χ3v) is 6.34. The summed E-state index contributed by atoms with van der Waals surface area (Å²) in [6, 6.07) is 13.8. The Labute approximate surface area is 148 Å². The first-order chi connectivity index (χ1) is 11.5. The van der Waals surface area contributed by atoms with E-state index in [0.29, 0.717) is 10.9 Å². The van der Waals surface area contributed by atoms with Crippen LogP contribution in [0.3, 0.4) is 0 Å². The molecule has 0 aliphatic rings. The summed E-state index contributed by atoms with van der Waals surface area (Å²) in [7, 11) is -3.73. The Balaban J connectivity index is 1.83. The maximum atomic E-state index is 12.6. The highest BCUT2D eigenvalue weighted by molar-refractivity contribution is 9.10. The van der Waals surface area contributed by atoms with Gasteiger partial charge in [0.15, 0.2) is 0 Å². The molecule has 0 saturated carbocycles. The van der Waals surface area contributed by atoms with Crippen LogP contribution in [0.15, 0.2) is 64.1 Å². The lowest BCUT2D eigenvalue weighted by Crippen LogP contribution is -2.39. The van der Waals surface area contributed by atoms with E-state index in [2.05, 4.69) is 25.6 Å². The fourth-order valence-corrected chi connectivity index (χ4v) is 4.89. The zero-order valence-electron chi connectivity index (χ0n) is 12.7. The molecule has 0 saturated heterocycles. The fraction of sp³-hybridized carbons (Fsp3) is 0.176. The van der Waals surface area contributed by atoms with Crippen LogP contribution in [0.25, 0.3) is 10.9 Å². The van der Waals surface area contributed by atoms with Crippen LogP contribution in [-0.4, -0.2) is 31.2 Å². The second-order valence-electron chi connectivity index (χ2n) is 5.49. The molecule has 1 atom stereocenters. The van der Waals surface area contributed by atoms with Crippen molar-refractivity contribution in [2.24, 2.45) is 0 Å². The van der Waals surface area contributed by atoms with Crippen molar-refractivity contribution in [3.05, 3.63) is 64.8 Å². The molecule has 1 heterocycles.